The normalized spacial score (nSPS) is 10.6. The minimum absolute atomic E-state index is 0.391. The average Bonchev–Trinajstić information content (AvgIpc) is 2.15. The molecule has 9 heavy (non-hydrogen) atoms. The molecule has 0 aliphatic rings. The molecule has 0 saturated carbocycles. The lowest BCUT2D eigenvalue weighted by atomic mass is 10.2. The van der Waals surface area contributed by atoms with E-state index in [0.717, 1.165) is 5.69 Å². The Bertz CT molecular complexity index is 158. The molecular formula is C6H9N2O. The fourth-order valence-corrected chi connectivity index (χ4v) is 0.651. The zero-order valence-electron chi connectivity index (χ0n) is 5.26. The standard InChI is InChI=1S/C6H9N2O/c1-5(9)4-6-2-3-7-8-6/h2-3,9H,4H2,1H3,(H,7,8). The van der Waals surface area contributed by atoms with Crippen molar-refractivity contribution >= 4 is 0 Å². The molecule has 0 saturated heterocycles. The van der Waals surface area contributed by atoms with Crippen molar-refractivity contribution in [3.05, 3.63) is 24.1 Å². The first kappa shape index (κ1) is 6.29. The Balaban J connectivity index is 2.48. The van der Waals surface area contributed by atoms with Crippen LogP contribution in [-0.2, 0) is 6.42 Å². The summed E-state index contributed by atoms with van der Waals surface area (Å²) in [6, 6.07) is 1.83. The molecule has 0 amide bonds. The van der Waals surface area contributed by atoms with Gasteiger partial charge in [-0.15, -0.1) is 0 Å². The van der Waals surface area contributed by atoms with Crippen LogP contribution in [0.25, 0.3) is 0 Å². The van der Waals surface area contributed by atoms with Crippen LogP contribution in [0.15, 0.2) is 12.3 Å². The predicted octanol–water partition coefficient (Wildman–Crippen LogP) is 0.877. The number of hydrogen-bond donors (Lipinski definition) is 2. The second-order valence-electron chi connectivity index (χ2n) is 1.98. The highest BCUT2D eigenvalue weighted by molar-refractivity contribution is 5.01. The molecule has 0 fully saturated rings. The SMILES string of the molecule is C[C](O)Cc1cc[nH]n1. The minimum atomic E-state index is 0.391. The summed E-state index contributed by atoms with van der Waals surface area (Å²) in [7, 11) is 0. The van der Waals surface area contributed by atoms with Gasteiger partial charge in [-0.25, -0.2) is 0 Å². The van der Waals surface area contributed by atoms with E-state index < -0.39 is 0 Å². The molecule has 1 radical (unpaired) electrons. The third-order valence-electron chi connectivity index (χ3n) is 0.995. The molecule has 0 atom stereocenters. The van der Waals surface area contributed by atoms with Crippen LogP contribution >= 0.6 is 0 Å². The summed E-state index contributed by atoms with van der Waals surface area (Å²) in [6.07, 6.45) is 2.67. The number of rotatable bonds is 2. The van der Waals surface area contributed by atoms with E-state index in [1.807, 2.05) is 6.07 Å². The molecule has 0 spiro atoms. The van der Waals surface area contributed by atoms with E-state index in [0.29, 0.717) is 12.5 Å². The van der Waals surface area contributed by atoms with Gasteiger partial charge in [0.25, 0.3) is 0 Å². The molecular weight excluding hydrogens is 116 g/mol. The maximum Gasteiger partial charge on any atom is 0.0962 e. The molecule has 1 rings (SSSR count). The number of nitrogens with zero attached hydrogens (tertiary/aromatic N) is 1. The highest BCUT2D eigenvalue weighted by Gasteiger charge is 1.99. The summed E-state index contributed by atoms with van der Waals surface area (Å²) in [4.78, 5) is 0. The lowest BCUT2D eigenvalue weighted by molar-refractivity contribution is 0.305. The van der Waals surface area contributed by atoms with Gasteiger partial charge in [0.2, 0.25) is 0 Å². The van der Waals surface area contributed by atoms with Crippen molar-refractivity contribution in [3.8, 4) is 0 Å². The van der Waals surface area contributed by atoms with Crippen molar-refractivity contribution < 1.29 is 5.11 Å². The number of aliphatic hydroxyl groups excluding tert-OH is 1. The highest BCUT2D eigenvalue weighted by atomic mass is 16.3. The van der Waals surface area contributed by atoms with Crippen molar-refractivity contribution in [3.63, 3.8) is 0 Å². The highest BCUT2D eigenvalue weighted by Crippen LogP contribution is 2.01. The Kier molecular flexibility index (Phi) is 1.85. The Morgan fingerprint density at radius 3 is 3.11 bits per heavy atom. The Morgan fingerprint density at radius 1 is 1.89 bits per heavy atom. The van der Waals surface area contributed by atoms with Gasteiger partial charge in [0.05, 0.1) is 11.8 Å². The van der Waals surface area contributed by atoms with E-state index in [1.54, 1.807) is 13.1 Å². The number of H-pyrrole nitrogens is 1. The molecule has 0 aliphatic carbocycles. The van der Waals surface area contributed by atoms with Crippen molar-refractivity contribution in [2.24, 2.45) is 0 Å². The van der Waals surface area contributed by atoms with Gasteiger partial charge in [0, 0.05) is 12.6 Å². The first-order valence-electron chi connectivity index (χ1n) is 2.79. The fraction of sp³-hybridized carbons (Fsp3) is 0.333. The number of hydrogen-bond acceptors (Lipinski definition) is 2. The van der Waals surface area contributed by atoms with Gasteiger partial charge in [-0.05, 0) is 13.0 Å². The van der Waals surface area contributed by atoms with Gasteiger partial charge in [0.1, 0.15) is 0 Å². The summed E-state index contributed by atoms with van der Waals surface area (Å²) in [5.41, 5.74) is 0.870. The first-order valence-corrected chi connectivity index (χ1v) is 2.79. The van der Waals surface area contributed by atoms with E-state index in [2.05, 4.69) is 10.2 Å². The summed E-state index contributed by atoms with van der Waals surface area (Å²) in [6.45, 7) is 1.66. The van der Waals surface area contributed by atoms with Gasteiger partial charge in [-0.3, -0.25) is 5.10 Å². The number of aromatic nitrogens is 2. The molecule has 0 aliphatic heterocycles. The van der Waals surface area contributed by atoms with Crippen LogP contribution in [0.1, 0.15) is 12.6 Å². The molecule has 2 N–H and O–H groups in total. The summed E-state index contributed by atoms with van der Waals surface area (Å²) < 4.78 is 0. The van der Waals surface area contributed by atoms with Crippen LogP contribution < -0.4 is 0 Å². The Labute approximate surface area is 53.7 Å². The number of nitrogens with one attached hydrogen (secondary N) is 1. The van der Waals surface area contributed by atoms with Crippen LogP contribution in [0.3, 0.4) is 0 Å². The van der Waals surface area contributed by atoms with Crippen molar-refractivity contribution in [1.29, 1.82) is 0 Å². The molecule has 3 heteroatoms. The van der Waals surface area contributed by atoms with Crippen LogP contribution in [-0.4, -0.2) is 15.3 Å². The summed E-state index contributed by atoms with van der Waals surface area (Å²) >= 11 is 0. The lowest BCUT2D eigenvalue weighted by Crippen LogP contribution is -1.94. The molecule has 49 valence electrons. The van der Waals surface area contributed by atoms with Gasteiger partial charge >= 0.3 is 0 Å². The van der Waals surface area contributed by atoms with E-state index >= 15 is 0 Å². The third kappa shape index (κ3) is 1.85. The Morgan fingerprint density at radius 2 is 2.67 bits per heavy atom. The summed E-state index contributed by atoms with van der Waals surface area (Å²) in [5.74, 6) is 0. The van der Waals surface area contributed by atoms with Gasteiger partial charge < -0.3 is 5.11 Å². The first-order chi connectivity index (χ1) is 4.29. The second kappa shape index (κ2) is 2.64. The van der Waals surface area contributed by atoms with E-state index in [1.165, 1.54) is 0 Å². The molecule has 1 aromatic rings. The summed E-state index contributed by atoms with van der Waals surface area (Å²) in [5, 5.41) is 15.3. The predicted molar refractivity (Wildman–Crippen MR) is 33.1 cm³/mol. The quantitative estimate of drug-likeness (QED) is 0.616. The average molecular weight is 125 g/mol. The lowest BCUT2D eigenvalue weighted by Gasteiger charge is -1.95. The Hall–Kier alpha value is -0.830. The molecule has 0 aromatic carbocycles. The second-order valence-corrected chi connectivity index (χ2v) is 1.98. The van der Waals surface area contributed by atoms with Crippen molar-refractivity contribution in [1.82, 2.24) is 10.2 Å². The molecule has 3 nitrogen and oxygen atoms in total. The van der Waals surface area contributed by atoms with Crippen LogP contribution in [0.5, 0.6) is 0 Å². The molecule has 0 bridgehead atoms. The maximum atomic E-state index is 8.79. The van der Waals surface area contributed by atoms with Gasteiger partial charge in [-0.2, -0.15) is 5.10 Å². The molecule has 0 unspecified atom stereocenters. The molecule has 1 heterocycles. The zero-order chi connectivity index (χ0) is 6.69. The topological polar surface area (TPSA) is 48.9 Å². The smallest absolute Gasteiger partial charge is 0.0962 e. The van der Waals surface area contributed by atoms with Crippen LogP contribution in [0.2, 0.25) is 0 Å². The van der Waals surface area contributed by atoms with E-state index in [9.17, 15) is 0 Å². The monoisotopic (exact) mass is 125 g/mol. The van der Waals surface area contributed by atoms with Crippen LogP contribution in [0.4, 0.5) is 0 Å². The fourth-order valence-electron chi connectivity index (χ4n) is 0.651. The number of aromatic amines is 1. The van der Waals surface area contributed by atoms with E-state index in [4.69, 9.17) is 5.11 Å². The third-order valence-corrected chi connectivity index (χ3v) is 0.995. The van der Waals surface area contributed by atoms with Gasteiger partial charge in [0.15, 0.2) is 0 Å². The van der Waals surface area contributed by atoms with Crippen LogP contribution in [0, 0.1) is 6.10 Å². The zero-order valence-corrected chi connectivity index (χ0v) is 5.26. The van der Waals surface area contributed by atoms with Crippen molar-refractivity contribution in [2.45, 2.75) is 13.3 Å². The van der Waals surface area contributed by atoms with Crippen molar-refractivity contribution in [2.75, 3.05) is 0 Å². The maximum absolute atomic E-state index is 8.79. The largest absolute Gasteiger partial charge is 0.387 e. The van der Waals surface area contributed by atoms with Gasteiger partial charge in [-0.1, -0.05) is 0 Å². The minimum Gasteiger partial charge on any atom is -0.387 e. The molecule has 1 aromatic heterocycles. The van der Waals surface area contributed by atoms with E-state index in [-0.39, 0.29) is 0 Å². The number of aliphatic hydroxyl groups is 1.